The van der Waals surface area contributed by atoms with Gasteiger partial charge in [0.05, 0.1) is 18.2 Å². The van der Waals surface area contributed by atoms with Crippen LogP contribution in [0.5, 0.6) is 0 Å². The number of quaternary nitrogens is 1. The van der Waals surface area contributed by atoms with Crippen molar-refractivity contribution in [2.45, 2.75) is 13.0 Å². The van der Waals surface area contributed by atoms with Crippen molar-refractivity contribution in [1.82, 2.24) is 4.90 Å². The van der Waals surface area contributed by atoms with Crippen molar-refractivity contribution >= 4 is 11.8 Å². The predicted octanol–water partition coefficient (Wildman–Crippen LogP) is 1.52. The molecule has 2 aromatic rings. The zero-order chi connectivity index (χ0) is 15.7. The first-order chi connectivity index (χ1) is 10.6. The Hall–Kier alpha value is -2.46. The van der Waals surface area contributed by atoms with Gasteiger partial charge in [-0.1, -0.05) is 42.5 Å². The van der Waals surface area contributed by atoms with Crippen molar-refractivity contribution in [3.63, 3.8) is 0 Å². The summed E-state index contributed by atoms with van der Waals surface area (Å²) in [5.41, 5.74) is 2.21. The number of benzene rings is 2. The minimum absolute atomic E-state index is 0.194. The molecule has 22 heavy (non-hydrogen) atoms. The van der Waals surface area contributed by atoms with Crippen molar-refractivity contribution in [3.8, 4) is 0 Å². The van der Waals surface area contributed by atoms with Crippen LogP contribution in [0.1, 0.15) is 39.2 Å². The van der Waals surface area contributed by atoms with Crippen LogP contribution >= 0.6 is 0 Å². The van der Waals surface area contributed by atoms with Crippen LogP contribution in [-0.4, -0.2) is 30.4 Å². The molecular formula is C18H19N2O2+. The van der Waals surface area contributed by atoms with E-state index in [4.69, 9.17) is 0 Å². The van der Waals surface area contributed by atoms with Crippen LogP contribution in [0.15, 0.2) is 54.6 Å². The molecule has 0 aromatic heterocycles. The fraction of sp³-hybridized carbons (Fsp3) is 0.222. The van der Waals surface area contributed by atoms with E-state index in [0.29, 0.717) is 17.8 Å². The van der Waals surface area contributed by atoms with Gasteiger partial charge in [0.25, 0.3) is 11.8 Å². The standard InChI is InChI=1S/C18H18N2O2/c1-13(14-8-4-3-5-9-14)19(2)12-20-17(21)15-10-6-7-11-16(15)18(20)22/h3-11,13H,12H2,1-2H3/p+1/t13-/m0/s1. The zero-order valence-electron chi connectivity index (χ0n) is 12.7. The lowest BCUT2D eigenvalue weighted by molar-refractivity contribution is -0.917. The molecule has 2 atom stereocenters. The third-order valence-electron chi connectivity index (χ3n) is 4.32. The zero-order valence-corrected chi connectivity index (χ0v) is 12.7. The smallest absolute Gasteiger partial charge is 0.265 e. The van der Waals surface area contributed by atoms with Gasteiger partial charge in [0.2, 0.25) is 0 Å². The number of rotatable bonds is 4. The highest BCUT2D eigenvalue weighted by atomic mass is 16.2. The first-order valence-corrected chi connectivity index (χ1v) is 7.42. The first kappa shape index (κ1) is 14.5. The molecule has 0 aliphatic carbocycles. The molecule has 4 nitrogen and oxygen atoms in total. The Morgan fingerprint density at radius 2 is 1.41 bits per heavy atom. The van der Waals surface area contributed by atoms with Gasteiger partial charge in [0, 0.05) is 5.56 Å². The van der Waals surface area contributed by atoms with E-state index in [0.717, 1.165) is 4.90 Å². The lowest BCUT2D eigenvalue weighted by atomic mass is 10.1. The molecule has 0 saturated carbocycles. The summed E-state index contributed by atoms with van der Waals surface area (Å²) in [5, 5.41) is 0. The van der Waals surface area contributed by atoms with Crippen molar-refractivity contribution in [2.75, 3.05) is 13.7 Å². The lowest BCUT2D eigenvalue weighted by Crippen LogP contribution is -3.10. The van der Waals surface area contributed by atoms with Crippen LogP contribution in [0.4, 0.5) is 0 Å². The van der Waals surface area contributed by atoms with Crippen LogP contribution in [0.2, 0.25) is 0 Å². The topological polar surface area (TPSA) is 41.8 Å². The van der Waals surface area contributed by atoms with Gasteiger partial charge in [0.1, 0.15) is 6.04 Å². The molecule has 2 amide bonds. The average molecular weight is 295 g/mol. The van der Waals surface area contributed by atoms with E-state index in [1.54, 1.807) is 24.3 Å². The minimum Gasteiger partial charge on any atom is -0.314 e. The molecule has 1 N–H and O–H groups in total. The van der Waals surface area contributed by atoms with Crippen LogP contribution in [-0.2, 0) is 0 Å². The number of amides is 2. The summed E-state index contributed by atoms with van der Waals surface area (Å²) in [5.74, 6) is -0.388. The summed E-state index contributed by atoms with van der Waals surface area (Å²) in [4.78, 5) is 27.2. The van der Waals surface area contributed by atoms with Crippen LogP contribution in [0.3, 0.4) is 0 Å². The Morgan fingerprint density at radius 1 is 0.909 bits per heavy atom. The van der Waals surface area contributed by atoms with Gasteiger partial charge in [-0.25, -0.2) is 4.90 Å². The highest BCUT2D eigenvalue weighted by Gasteiger charge is 2.37. The van der Waals surface area contributed by atoms with Crippen LogP contribution < -0.4 is 4.90 Å². The normalized spacial score (nSPS) is 16.5. The van der Waals surface area contributed by atoms with Gasteiger partial charge in [0.15, 0.2) is 6.67 Å². The highest BCUT2D eigenvalue weighted by molar-refractivity contribution is 6.21. The lowest BCUT2D eigenvalue weighted by Gasteiger charge is -2.25. The Morgan fingerprint density at radius 3 is 1.95 bits per heavy atom. The van der Waals surface area contributed by atoms with Crippen molar-refractivity contribution < 1.29 is 14.5 Å². The number of carbonyl (C=O) groups excluding carboxylic acids is 2. The van der Waals surface area contributed by atoms with E-state index in [-0.39, 0.29) is 17.9 Å². The van der Waals surface area contributed by atoms with E-state index in [1.165, 1.54) is 10.5 Å². The Bertz CT molecular complexity index is 677. The predicted molar refractivity (Wildman–Crippen MR) is 83.6 cm³/mol. The second-order valence-electron chi connectivity index (χ2n) is 5.72. The van der Waals surface area contributed by atoms with Gasteiger partial charge < -0.3 is 4.90 Å². The number of carbonyl (C=O) groups is 2. The van der Waals surface area contributed by atoms with Gasteiger partial charge in [-0.2, -0.15) is 0 Å². The molecule has 0 bridgehead atoms. The van der Waals surface area contributed by atoms with Crippen LogP contribution in [0.25, 0.3) is 0 Å². The summed E-state index contributed by atoms with van der Waals surface area (Å²) in [6, 6.07) is 17.3. The molecular weight excluding hydrogens is 276 g/mol. The minimum atomic E-state index is -0.194. The summed E-state index contributed by atoms with van der Waals surface area (Å²) in [7, 11) is 2.00. The SMILES string of the molecule is C[C@@H](c1ccccc1)[NH+](C)CN1C(=O)c2ccccc2C1=O. The monoisotopic (exact) mass is 295 g/mol. The molecule has 1 heterocycles. The number of imide groups is 1. The van der Waals surface area contributed by atoms with E-state index in [9.17, 15) is 9.59 Å². The number of hydrogen-bond acceptors (Lipinski definition) is 2. The molecule has 3 rings (SSSR count). The quantitative estimate of drug-likeness (QED) is 0.869. The summed E-state index contributed by atoms with van der Waals surface area (Å²) >= 11 is 0. The van der Waals surface area contributed by atoms with E-state index < -0.39 is 0 Å². The fourth-order valence-corrected chi connectivity index (χ4v) is 2.80. The number of nitrogens with one attached hydrogen (secondary N) is 1. The van der Waals surface area contributed by atoms with Gasteiger partial charge in [-0.15, -0.1) is 0 Å². The molecule has 0 fully saturated rings. The molecule has 0 radical (unpaired) electrons. The molecule has 1 aliphatic rings. The maximum absolute atomic E-state index is 12.4. The molecule has 1 unspecified atom stereocenters. The molecule has 1 aliphatic heterocycles. The Labute approximate surface area is 130 Å². The number of nitrogens with zero attached hydrogens (tertiary/aromatic N) is 1. The molecule has 4 heteroatoms. The van der Waals surface area contributed by atoms with Crippen molar-refractivity contribution in [1.29, 1.82) is 0 Å². The fourth-order valence-electron chi connectivity index (χ4n) is 2.80. The van der Waals surface area contributed by atoms with Gasteiger partial charge >= 0.3 is 0 Å². The van der Waals surface area contributed by atoms with Crippen molar-refractivity contribution in [2.24, 2.45) is 0 Å². The molecule has 0 spiro atoms. The van der Waals surface area contributed by atoms with E-state index >= 15 is 0 Å². The van der Waals surface area contributed by atoms with Crippen LogP contribution in [0, 0.1) is 0 Å². The highest BCUT2D eigenvalue weighted by Crippen LogP contribution is 2.21. The Kier molecular flexibility index (Phi) is 3.77. The maximum atomic E-state index is 12.4. The summed E-state index contributed by atoms with van der Waals surface area (Å²) in [6.45, 7) is 2.46. The maximum Gasteiger partial charge on any atom is 0.265 e. The number of fused-ring (bicyclic) bond motifs is 1. The average Bonchev–Trinajstić information content (AvgIpc) is 2.80. The largest absolute Gasteiger partial charge is 0.314 e. The second kappa shape index (κ2) is 5.73. The summed E-state index contributed by atoms with van der Waals surface area (Å²) < 4.78 is 0. The third kappa shape index (κ3) is 2.42. The Balaban J connectivity index is 1.77. The molecule has 2 aromatic carbocycles. The molecule has 0 saturated heterocycles. The second-order valence-corrected chi connectivity index (χ2v) is 5.72. The molecule has 112 valence electrons. The van der Waals surface area contributed by atoms with Crippen molar-refractivity contribution in [3.05, 3.63) is 71.3 Å². The number of hydrogen-bond donors (Lipinski definition) is 1. The summed E-state index contributed by atoms with van der Waals surface area (Å²) in [6.07, 6.45) is 0. The third-order valence-corrected chi connectivity index (χ3v) is 4.32. The van der Waals surface area contributed by atoms with E-state index in [1.807, 2.05) is 25.2 Å². The van der Waals surface area contributed by atoms with E-state index in [2.05, 4.69) is 19.1 Å². The van der Waals surface area contributed by atoms with Gasteiger partial charge in [-0.05, 0) is 19.1 Å². The van der Waals surface area contributed by atoms with Gasteiger partial charge in [-0.3, -0.25) is 9.59 Å². The first-order valence-electron chi connectivity index (χ1n) is 7.42.